The third kappa shape index (κ3) is 3.82. The van der Waals surface area contributed by atoms with Crippen molar-refractivity contribution in [3.63, 3.8) is 0 Å². The van der Waals surface area contributed by atoms with Gasteiger partial charge in [0.05, 0.1) is 11.7 Å². The zero-order valence-corrected chi connectivity index (χ0v) is 16.5. The van der Waals surface area contributed by atoms with E-state index in [4.69, 9.17) is 4.98 Å². The second kappa shape index (κ2) is 8.13. The molecule has 0 unspecified atom stereocenters. The number of aromatic amines is 1. The molecular weight excluding hydrogens is 340 g/mol. The average Bonchev–Trinajstić information content (AvgIpc) is 2.73. The number of hydrogen-bond acceptors (Lipinski definition) is 4. The van der Waals surface area contributed by atoms with Crippen LogP contribution in [-0.4, -0.2) is 44.8 Å². The molecule has 27 heavy (non-hydrogen) atoms. The highest BCUT2D eigenvalue weighted by molar-refractivity contribution is 5.76. The maximum Gasteiger partial charge on any atom is 0.254 e. The highest BCUT2D eigenvalue weighted by atomic mass is 16.2. The van der Waals surface area contributed by atoms with Gasteiger partial charge in [-0.15, -0.1) is 0 Å². The number of rotatable bonds is 3. The molecule has 0 bridgehead atoms. The standard InChI is InChI=1S/C21H32N4O2/c1-2-19(26)25-12-7-6-10-18(25)20-22-17-14-24(15-8-4-3-5-9-15)13-11-16(17)21(27)23-20/h15,18H,2-14H2,1H3,(H,22,23,27)/t18-/m0/s1. The van der Waals surface area contributed by atoms with Crippen molar-refractivity contribution in [2.45, 2.75) is 89.8 Å². The SMILES string of the molecule is CCC(=O)N1CCCC[C@H]1c1nc2c(c(=O)[nH]1)CCN(C1CCCCC1)C2. The molecule has 1 aromatic rings. The Balaban J connectivity index is 1.60. The van der Waals surface area contributed by atoms with Crippen LogP contribution >= 0.6 is 0 Å². The van der Waals surface area contributed by atoms with E-state index in [1.807, 2.05) is 11.8 Å². The van der Waals surface area contributed by atoms with Crippen LogP contribution in [0.25, 0.3) is 0 Å². The van der Waals surface area contributed by atoms with Crippen molar-refractivity contribution in [3.8, 4) is 0 Å². The van der Waals surface area contributed by atoms with Crippen LogP contribution in [0.15, 0.2) is 4.79 Å². The van der Waals surface area contributed by atoms with Gasteiger partial charge in [-0.05, 0) is 38.5 Å². The lowest BCUT2D eigenvalue weighted by Gasteiger charge is -2.38. The molecule has 0 spiro atoms. The number of hydrogen-bond donors (Lipinski definition) is 1. The van der Waals surface area contributed by atoms with Gasteiger partial charge in [-0.25, -0.2) is 4.98 Å². The number of carbonyl (C=O) groups is 1. The van der Waals surface area contributed by atoms with Crippen molar-refractivity contribution in [2.24, 2.45) is 0 Å². The topological polar surface area (TPSA) is 69.3 Å². The molecule has 6 nitrogen and oxygen atoms in total. The van der Waals surface area contributed by atoms with Gasteiger partial charge in [-0.1, -0.05) is 26.2 Å². The lowest BCUT2D eigenvalue weighted by Crippen LogP contribution is -2.44. The van der Waals surface area contributed by atoms with Gasteiger partial charge in [0, 0.05) is 37.7 Å². The van der Waals surface area contributed by atoms with E-state index < -0.39 is 0 Å². The number of amides is 1. The van der Waals surface area contributed by atoms with Gasteiger partial charge in [-0.2, -0.15) is 0 Å². The fraction of sp³-hybridized carbons (Fsp3) is 0.762. The summed E-state index contributed by atoms with van der Waals surface area (Å²) in [6, 6.07) is 0.568. The zero-order valence-electron chi connectivity index (χ0n) is 16.5. The Kier molecular flexibility index (Phi) is 5.62. The minimum atomic E-state index is -0.0748. The van der Waals surface area contributed by atoms with Crippen LogP contribution in [0.5, 0.6) is 0 Å². The number of nitrogens with zero attached hydrogens (tertiary/aromatic N) is 3. The normalized spacial score (nSPS) is 24.6. The molecule has 1 amide bonds. The summed E-state index contributed by atoms with van der Waals surface area (Å²) in [7, 11) is 0. The van der Waals surface area contributed by atoms with Crippen LogP contribution in [0.4, 0.5) is 0 Å². The predicted molar refractivity (Wildman–Crippen MR) is 104 cm³/mol. The Bertz CT molecular complexity index is 738. The lowest BCUT2D eigenvalue weighted by atomic mass is 9.92. The minimum absolute atomic E-state index is 0.00719. The first-order chi connectivity index (χ1) is 13.2. The molecular formula is C21H32N4O2. The molecule has 1 N–H and O–H groups in total. The van der Waals surface area contributed by atoms with Gasteiger partial charge >= 0.3 is 0 Å². The summed E-state index contributed by atoms with van der Waals surface area (Å²) in [6.07, 6.45) is 10.8. The van der Waals surface area contributed by atoms with Crippen molar-refractivity contribution in [1.82, 2.24) is 19.8 Å². The van der Waals surface area contributed by atoms with E-state index in [0.717, 1.165) is 56.6 Å². The van der Waals surface area contributed by atoms with E-state index in [-0.39, 0.29) is 17.5 Å². The van der Waals surface area contributed by atoms with Crippen LogP contribution in [0.1, 0.15) is 87.8 Å². The molecule has 148 valence electrons. The maximum absolute atomic E-state index is 12.7. The van der Waals surface area contributed by atoms with Gasteiger partial charge in [0.2, 0.25) is 5.91 Å². The zero-order chi connectivity index (χ0) is 18.8. The molecule has 3 heterocycles. The number of fused-ring (bicyclic) bond motifs is 1. The molecule has 1 aliphatic carbocycles. The highest BCUT2D eigenvalue weighted by Gasteiger charge is 2.32. The molecule has 1 aromatic heterocycles. The molecule has 1 saturated carbocycles. The van der Waals surface area contributed by atoms with E-state index in [9.17, 15) is 9.59 Å². The molecule has 1 saturated heterocycles. The van der Waals surface area contributed by atoms with Gasteiger partial charge in [0.1, 0.15) is 5.82 Å². The van der Waals surface area contributed by atoms with E-state index >= 15 is 0 Å². The quantitative estimate of drug-likeness (QED) is 0.886. The monoisotopic (exact) mass is 372 g/mol. The van der Waals surface area contributed by atoms with Crippen LogP contribution in [0.3, 0.4) is 0 Å². The number of H-pyrrole nitrogens is 1. The van der Waals surface area contributed by atoms with Gasteiger partial charge < -0.3 is 9.88 Å². The van der Waals surface area contributed by atoms with Crippen molar-refractivity contribution in [3.05, 3.63) is 27.4 Å². The summed E-state index contributed by atoms with van der Waals surface area (Å²) in [5.74, 6) is 0.856. The van der Waals surface area contributed by atoms with Crippen LogP contribution < -0.4 is 5.56 Å². The fourth-order valence-corrected chi connectivity index (χ4v) is 5.11. The first-order valence-electron chi connectivity index (χ1n) is 10.8. The summed E-state index contributed by atoms with van der Waals surface area (Å²) in [5, 5.41) is 0. The molecule has 3 aliphatic rings. The first kappa shape index (κ1) is 18.7. The number of piperidine rings is 1. The molecule has 4 rings (SSSR count). The molecule has 1 atom stereocenters. The summed E-state index contributed by atoms with van der Waals surface area (Å²) in [5.41, 5.74) is 1.81. The predicted octanol–water partition coefficient (Wildman–Crippen LogP) is 2.92. The Morgan fingerprint density at radius 3 is 2.67 bits per heavy atom. The minimum Gasteiger partial charge on any atom is -0.333 e. The van der Waals surface area contributed by atoms with Crippen LogP contribution in [0, 0.1) is 0 Å². The number of carbonyl (C=O) groups excluding carboxylic acids is 1. The Morgan fingerprint density at radius 2 is 1.89 bits per heavy atom. The van der Waals surface area contributed by atoms with Crippen LogP contribution in [0.2, 0.25) is 0 Å². The third-order valence-corrected chi connectivity index (χ3v) is 6.65. The number of nitrogens with one attached hydrogen (secondary N) is 1. The Hall–Kier alpha value is -1.69. The molecule has 0 radical (unpaired) electrons. The van der Waals surface area contributed by atoms with E-state index in [0.29, 0.717) is 18.3 Å². The van der Waals surface area contributed by atoms with Crippen LogP contribution in [-0.2, 0) is 17.8 Å². The smallest absolute Gasteiger partial charge is 0.254 e. The third-order valence-electron chi connectivity index (χ3n) is 6.65. The van der Waals surface area contributed by atoms with E-state index in [1.54, 1.807) is 0 Å². The second-order valence-electron chi connectivity index (χ2n) is 8.34. The first-order valence-corrected chi connectivity index (χ1v) is 10.8. The van der Waals surface area contributed by atoms with Crippen molar-refractivity contribution >= 4 is 5.91 Å². The van der Waals surface area contributed by atoms with Crippen molar-refractivity contribution < 1.29 is 4.79 Å². The highest BCUT2D eigenvalue weighted by Crippen LogP contribution is 2.31. The average molecular weight is 373 g/mol. The molecule has 0 aromatic carbocycles. The van der Waals surface area contributed by atoms with E-state index in [1.165, 1.54) is 32.1 Å². The Labute approximate surface area is 161 Å². The van der Waals surface area contributed by atoms with Crippen molar-refractivity contribution in [2.75, 3.05) is 13.1 Å². The summed E-state index contributed by atoms with van der Waals surface area (Å²) < 4.78 is 0. The van der Waals surface area contributed by atoms with Gasteiger partial charge in [-0.3, -0.25) is 14.5 Å². The largest absolute Gasteiger partial charge is 0.333 e. The second-order valence-corrected chi connectivity index (χ2v) is 8.34. The van der Waals surface area contributed by atoms with Gasteiger partial charge in [0.15, 0.2) is 0 Å². The summed E-state index contributed by atoms with van der Waals surface area (Å²) in [4.78, 5) is 37.5. The summed E-state index contributed by atoms with van der Waals surface area (Å²) >= 11 is 0. The molecule has 6 heteroatoms. The number of likely N-dealkylation sites (tertiary alicyclic amines) is 1. The number of aromatic nitrogens is 2. The molecule has 2 fully saturated rings. The Morgan fingerprint density at radius 1 is 1.11 bits per heavy atom. The van der Waals surface area contributed by atoms with Crippen molar-refractivity contribution in [1.29, 1.82) is 0 Å². The van der Waals surface area contributed by atoms with E-state index in [2.05, 4.69) is 9.88 Å². The fourth-order valence-electron chi connectivity index (χ4n) is 5.11. The van der Waals surface area contributed by atoms with Gasteiger partial charge in [0.25, 0.3) is 5.56 Å². The maximum atomic E-state index is 12.7. The summed E-state index contributed by atoms with van der Waals surface area (Å²) in [6.45, 7) is 4.42. The molecule has 2 aliphatic heterocycles. The lowest BCUT2D eigenvalue weighted by molar-refractivity contribution is -0.134.